The number of aryl methyl sites for hydroxylation is 2. The minimum Gasteiger partial charge on any atom is -0.489 e. The molecule has 0 fully saturated rings. The molecule has 0 bridgehead atoms. The molecule has 2 aliphatic rings. The molecule has 15 aromatic carbocycles. The summed E-state index contributed by atoms with van der Waals surface area (Å²) in [4.78, 5) is 4.42. The second kappa shape index (κ2) is 34.3. The highest BCUT2D eigenvalue weighted by atomic mass is 19.1. The monoisotopic (exact) mass is 1550 g/mol. The number of ether oxygens (including phenoxy) is 2. The van der Waals surface area contributed by atoms with E-state index >= 15 is 17.6 Å². The Labute approximate surface area is 691 Å². The summed E-state index contributed by atoms with van der Waals surface area (Å²) in [6, 6.07) is 113. The Kier molecular flexibility index (Phi) is 22.4. The Morgan fingerprint density at radius 3 is 0.932 bits per heavy atom. The highest BCUT2D eigenvalue weighted by Gasteiger charge is 2.48. The van der Waals surface area contributed by atoms with Crippen LogP contribution in [0.5, 0.6) is 11.5 Å². The van der Waals surface area contributed by atoms with E-state index in [1.54, 1.807) is 24.3 Å². The third-order valence-corrected chi connectivity index (χ3v) is 23.9. The van der Waals surface area contributed by atoms with Gasteiger partial charge in [0.15, 0.2) is 0 Å². The molecule has 0 heterocycles. The highest BCUT2D eigenvalue weighted by Crippen LogP contribution is 2.60. The van der Waals surface area contributed by atoms with E-state index in [1.165, 1.54) is 46.5 Å². The summed E-state index contributed by atoms with van der Waals surface area (Å²) in [5.41, 5.74) is 27.0. The number of rotatable bonds is 30. The van der Waals surface area contributed by atoms with Crippen molar-refractivity contribution in [3.05, 3.63) is 454 Å². The zero-order valence-electron chi connectivity index (χ0n) is 66.6. The molecule has 0 aliphatic heterocycles. The van der Waals surface area contributed by atoms with Crippen LogP contribution in [0.15, 0.2) is 353 Å². The molecule has 0 amide bonds. The first kappa shape index (κ1) is 77.3. The van der Waals surface area contributed by atoms with Crippen LogP contribution in [0.4, 0.5) is 51.7 Å². The molecule has 582 valence electrons. The zero-order chi connectivity index (χ0) is 80.7. The van der Waals surface area contributed by atoms with Crippen LogP contribution in [-0.4, -0.2) is 0 Å². The van der Waals surface area contributed by atoms with Crippen LogP contribution in [0.25, 0.3) is 56.7 Å². The van der Waals surface area contributed by atoms with Gasteiger partial charge in [0, 0.05) is 34.1 Å². The molecule has 17 rings (SSSR count). The van der Waals surface area contributed by atoms with Crippen molar-refractivity contribution in [2.45, 2.75) is 102 Å². The average Bonchev–Trinajstić information content (AvgIpc) is 1.54. The van der Waals surface area contributed by atoms with Gasteiger partial charge in [-0.1, -0.05) is 272 Å². The van der Waals surface area contributed by atoms with E-state index in [0.717, 1.165) is 210 Å². The van der Waals surface area contributed by atoms with Gasteiger partial charge in [-0.3, -0.25) is 0 Å². The van der Waals surface area contributed by atoms with E-state index < -0.39 is 10.8 Å². The summed E-state index contributed by atoms with van der Waals surface area (Å²) in [6.07, 6.45) is 14.2. The highest BCUT2D eigenvalue weighted by molar-refractivity contribution is 5.92. The standard InChI is InChI=1S/C110H92F4N2O2/c1-5-9-11-13-19-81-69-104(80-35-55-92(56-36-80)116(94-59-51-90(114)52-60-94)96-62-68-102-100-22-16-18-24-106(100)110(108(102)72-96,84-39-47-88(112)48-40-84)86-43-65-98(66-44-86)118-74-78-31-27-76(8-4)28-32-78)82(20-14-12-10-6-2)70-103(81)79-33-53-91(54-34-79)115(93-57-49-89(113)50-58-93)95-61-67-101-99-21-15-17-23-105(99)109(107(101)71-95,83-37-45-87(111)46-38-83)85-41-63-97(64-42-85)117-73-77-29-25-75(7-3)26-30-77/h7-8,15-18,21-72H,3-6,9-14,19-20,73-74H2,1-2H3. The first-order valence-corrected chi connectivity index (χ1v) is 41.3. The maximum Gasteiger partial charge on any atom is 0.123 e. The Bertz CT molecular complexity index is 5690. The van der Waals surface area contributed by atoms with Gasteiger partial charge in [0.25, 0.3) is 0 Å². The van der Waals surface area contributed by atoms with Gasteiger partial charge >= 0.3 is 0 Å². The number of halogens is 4. The lowest BCUT2D eigenvalue weighted by Crippen LogP contribution is -2.29. The summed E-state index contributed by atoms with van der Waals surface area (Å²) >= 11 is 0. The summed E-state index contributed by atoms with van der Waals surface area (Å²) in [6.45, 7) is 13.1. The Morgan fingerprint density at radius 2 is 0.593 bits per heavy atom. The second-order valence-corrected chi connectivity index (χ2v) is 31.1. The summed E-state index contributed by atoms with van der Waals surface area (Å²) in [5.74, 6) is 0.145. The lowest BCUT2D eigenvalue weighted by atomic mass is 9.67. The molecule has 0 N–H and O–H groups in total. The van der Waals surface area contributed by atoms with Gasteiger partial charge in [-0.15, -0.1) is 0 Å². The lowest BCUT2D eigenvalue weighted by Gasteiger charge is -2.35. The van der Waals surface area contributed by atoms with E-state index in [1.807, 2.05) is 109 Å². The molecule has 0 spiro atoms. The van der Waals surface area contributed by atoms with Gasteiger partial charge in [-0.25, -0.2) is 17.6 Å². The molecule has 2 atom stereocenters. The number of anilines is 6. The molecule has 15 aromatic rings. The zero-order valence-corrected chi connectivity index (χ0v) is 66.6. The van der Waals surface area contributed by atoms with Crippen molar-refractivity contribution in [1.29, 1.82) is 0 Å². The molecule has 118 heavy (non-hydrogen) atoms. The van der Waals surface area contributed by atoms with Gasteiger partial charge < -0.3 is 19.3 Å². The van der Waals surface area contributed by atoms with Gasteiger partial charge in [-0.2, -0.15) is 0 Å². The number of unbranched alkanes of at least 4 members (excludes halogenated alkanes) is 6. The fourth-order valence-electron chi connectivity index (χ4n) is 18.0. The largest absolute Gasteiger partial charge is 0.489 e. The van der Waals surface area contributed by atoms with Crippen molar-refractivity contribution < 1.29 is 27.0 Å². The van der Waals surface area contributed by atoms with Crippen LogP contribution in [0, 0.1) is 23.3 Å². The molecule has 4 nitrogen and oxygen atoms in total. The van der Waals surface area contributed by atoms with Crippen molar-refractivity contribution in [1.82, 2.24) is 0 Å². The third kappa shape index (κ3) is 15.2. The Hall–Kier alpha value is -13.3. The molecule has 2 aliphatic carbocycles. The van der Waals surface area contributed by atoms with Gasteiger partial charge in [0.05, 0.1) is 10.8 Å². The van der Waals surface area contributed by atoms with E-state index in [0.29, 0.717) is 13.2 Å². The van der Waals surface area contributed by atoms with Crippen molar-refractivity contribution in [3.63, 3.8) is 0 Å². The van der Waals surface area contributed by atoms with Gasteiger partial charge in [0.2, 0.25) is 0 Å². The average molecular weight is 1550 g/mol. The van der Waals surface area contributed by atoms with E-state index in [-0.39, 0.29) is 23.3 Å². The van der Waals surface area contributed by atoms with E-state index in [9.17, 15) is 0 Å². The maximum absolute atomic E-state index is 15.3. The summed E-state index contributed by atoms with van der Waals surface area (Å²) in [7, 11) is 0. The Balaban J connectivity index is 0.740. The Morgan fingerprint density at radius 1 is 0.288 bits per heavy atom. The first-order chi connectivity index (χ1) is 57.9. The summed E-state index contributed by atoms with van der Waals surface area (Å²) in [5, 5.41) is 0. The number of hydrogen-bond donors (Lipinski definition) is 0. The van der Waals surface area contributed by atoms with E-state index in [2.05, 4.69) is 231 Å². The quantitative estimate of drug-likeness (QED) is 0.0331. The SMILES string of the molecule is C=Cc1ccc(COc2ccc(C3(c4ccc(F)cc4)c4ccccc4-c4ccc(N(c5ccc(F)cc5)c5ccc(-c6cc(CCCCCC)c(-c7ccc(N(c8ccc(F)cc8)c8ccc9c(c8)C(c8ccc(F)cc8)(c8ccc(OCc%10ccc(C=C)cc%10)cc8)c8ccccc8-9)cc7)cc6CCCCCC)cc5)cc43)cc2)cc1. The maximum atomic E-state index is 15.3. The number of hydrogen-bond acceptors (Lipinski definition) is 4. The fourth-order valence-corrected chi connectivity index (χ4v) is 18.0. The molecule has 0 saturated carbocycles. The molecule has 8 heteroatoms. The minimum absolute atomic E-state index is 0.320. The topological polar surface area (TPSA) is 24.9 Å². The molecule has 0 aromatic heterocycles. The molecule has 0 saturated heterocycles. The van der Waals surface area contributed by atoms with Crippen molar-refractivity contribution in [2.24, 2.45) is 0 Å². The lowest BCUT2D eigenvalue weighted by molar-refractivity contribution is 0.306. The number of fused-ring (bicyclic) bond motifs is 6. The van der Waals surface area contributed by atoms with Crippen LogP contribution in [0.3, 0.4) is 0 Å². The van der Waals surface area contributed by atoms with E-state index in [4.69, 9.17) is 9.47 Å². The molecule has 0 radical (unpaired) electrons. The van der Waals surface area contributed by atoms with Crippen LogP contribution in [-0.2, 0) is 36.9 Å². The number of benzene rings is 15. The normalized spacial score (nSPS) is 14.2. The fraction of sp³-hybridized carbons (Fsp3) is 0.145. The predicted octanol–water partition coefficient (Wildman–Crippen LogP) is 29.9. The van der Waals surface area contributed by atoms with Gasteiger partial charge in [0.1, 0.15) is 48.0 Å². The van der Waals surface area contributed by atoms with Crippen LogP contribution in [0.2, 0.25) is 0 Å². The van der Waals surface area contributed by atoms with Crippen LogP contribution < -0.4 is 19.3 Å². The predicted molar refractivity (Wildman–Crippen MR) is 479 cm³/mol. The van der Waals surface area contributed by atoms with Crippen molar-refractivity contribution in [3.8, 4) is 56.0 Å². The number of nitrogens with zero attached hydrogens (tertiary/aromatic N) is 2. The third-order valence-electron chi connectivity index (χ3n) is 23.9. The van der Waals surface area contributed by atoms with Crippen LogP contribution in [0.1, 0.15) is 143 Å². The van der Waals surface area contributed by atoms with Crippen molar-refractivity contribution in [2.75, 3.05) is 9.80 Å². The molecular weight excluding hydrogens is 1460 g/mol. The molecular formula is C110H92F4N2O2. The first-order valence-electron chi connectivity index (χ1n) is 41.3. The molecule has 2 unspecified atom stereocenters. The smallest absolute Gasteiger partial charge is 0.123 e. The summed E-state index contributed by atoms with van der Waals surface area (Å²) < 4.78 is 73.9. The van der Waals surface area contributed by atoms with Gasteiger partial charge in [-0.05, 0) is 294 Å². The van der Waals surface area contributed by atoms with Crippen LogP contribution >= 0.6 is 0 Å². The second-order valence-electron chi connectivity index (χ2n) is 31.1. The minimum atomic E-state index is -0.889. The van der Waals surface area contributed by atoms with Crippen molar-refractivity contribution >= 4 is 46.3 Å².